The van der Waals surface area contributed by atoms with Crippen LogP contribution in [0.5, 0.6) is 5.75 Å². The normalized spacial score (nSPS) is 46.6. The van der Waals surface area contributed by atoms with Gasteiger partial charge in [0.05, 0.1) is 6.61 Å². The Labute approximate surface area is 212 Å². The Morgan fingerprint density at radius 2 is 1.20 bits per heavy atom. The molecule has 8 saturated carbocycles. The summed E-state index contributed by atoms with van der Waals surface area (Å²) in [6.07, 6.45) is 18.3. The molecule has 0 spiro atoms. The van der Waals surface area contributed by atoms with Gasteiger partial charge in [0, 0.05) is 0 Å². The first-order valence-corrected chi connectivity index (χ1v) is 15.3. The molecule has 1 aromatic rings. The Morgan fingerprint density at radius 3 is 1.60 bits per heavy atom. The van der Waals surface area contributed by atoms with Gasteiger partial charge in [-0.25, -0.2) is 0 Å². The van der Waals surface area contributed by atoms with E-state index >= 15 is 0 Å². The highest BCUT2D eigenvalue weighted by atomic mass is 16.6. The van der Waals surface area contributed by atoms with Gasteiger partial charge in [-0.15, -0.1) is 0 Å². The SMILES string of the molecule is Cc1c(OCC2CO2)cc(C(C)C)c(C23CC4CC(CC(C4)C2)C3)c1C12CC3CC(CC(C3)C1)C2. The number of hydrogen-bond donors (Lipinski definition) is 0. The lowest BCUT2D eigenvalue weighted by molar-refractivity contribution is -0.0182. The van der Waals surface area contributed by atoms with Crippen LogP contribution in [0.15, 0.2) is 6.07 Å². The van der Waals surface area contributed by atoms with E-state index in [1.165, 1.54) is 88.4 Å². The lowest BCUT2D eigenvalue weighted by Gasteiger charge is -2.61. The van der Waals surface area contributed by atoms with Crippen molar-refractivity contribution >= 4 is 0 Å². The van der Waals surface area contributed by atoms with Gasteiger partial charge in [0.25, 0.3) is 0 Å². The molecule has 8 aliphatic carbocycles. The van der Waals surface area contributed by atoms with Gasteiger partial charge in [0.1, 0.15) is 18.5 Å². The van der Waals surface area contributed by atoms with Crippen LogP contribution in [0.3, 0.4) is 0 Å². The van der Waals surface area contributed by atoms with E-state index in [4.69, 9.17) is 9.47 Å². The average molecular weight is 475 g/mol. The standard InChI is InChI=1S/C33H46O2/c1-19(2)28-10-29(35-18-27-17-34-27)20(3)30(32-11-21-4-22(12-32)6-23(5-21)13-32)31(28)33-14-24-7-25(15-33)9-26(8-24)16-33/h10,19,21-27H,4-9,11-18H2,1-3H3. The molecule has 35 heavy (non-hydrogen) atoms. The van der Waals surface area contributed by atoms with Crippen LogP contribution in [0.1, 0.15) is 119 Å². The Bertz CT molecular complexity index is 959. The summed E-state index contributed by atoms with van der Waals surface area (Å²) in [7, 11) is 0. The van der Waals surface area contributed by atoms with Gasteiger partial charge < -0.3 is 9.47 Å². The number of benzene rings is 1. The van der Waals surface area contributed by atoms with Crippen molar-refractivity contribution in [3.63, 3.8) is 0 Å². The third-order valence-corrected chi connectivity index (χ3v) is 12.2. The zero-order chi connectivity index (χ0) is 23.5. The van der Waals surface area contributed by atoms with Crippen molar-refractivity contribution in [1.29, 1.82) is 0 Å². The van der Waals surface area contributed by atoms with Gasteiger partial charge in [-0.2, -0.15) is 0 Å². The second-order valence-electron chi connectivity index (χ2n) is 15.2. The predicted octanol–water partition coefficient (Wildman–Crippen LogP) is 7.83. The number of hydrogen-bond acceptors (Lipinski definition) is 2. The zero-order valence-corrected chi connectivity index (χ0v) is 22.4. The van der Waals surface area contributed by atoms with Crippen LogP contribution < -0.4 is 4.74 Å². The minimum atomic E-state index is 0.322. The van der Waals surface area contributed by atoms with Crippen molar-refractivity contribution in [2.75, 3.05) is 13.2 Å². The lowest BCUT2D eigenvalue weighted by atomic mass is 9.43. The second-order valence-corrected chi connectivity index (χ2v) is 15.2. The molecule has 0 aromatic heterocycles. The maximum absolute atomic E-state index is 6.60. The second kappa shape index (κ2) is 7.52. The van der Waals surface area contributed by atoms with E-state index in [-0.39, 0.29) is 0 Å². The highest BCUT2D eigenvalue weighted by molar-refractivity contribution is 5.58. The molecular formula is C33H46O2. The zero-order valence-electron chi connectivity index (χ0n) is 22.4. The number of rotatable bonds is 6. The van der Waals surface area contributed by atoms with Gasteiger partial charge >= 0.3 is 0 Å². The summed E-state index contributed by atoms with van der Waals surface area (Å²) in [5.41, 5.74) is 7.81. The fourth-order valence-electron chi connectivity index (χ4n) is 11.8. The molecule has 2 nitrogen and oxygen atoms in total. The molecule has 1 aromatic carbocycles. The van der Waals surface area contributed by atoms with Gasteiger partial charge in [0.15, 0.2) is 0 Å². The molecule has 190 valence electrons. The molecule has 1 unspecified atom stereocenters. The number of ether oxygens (including phenoxy) is 2. The molecule has 9 aliphatic rings. The maximum atomic E-state index is 6.60. The molecule has 10 rings (SSSR count). The minimum absolute atomic E-state index is 0.322. The van der Waals surface area contributed by atoms with E-state index in [1.54, 1.807) is 5.56 Å². The van der Waals surface area contributed by atoms with Crippen molar-refractivity contribution in [2.45, 2.75) is 121 Å². The fourth-order valence-corrected chi connectivity index (χ4v) is 11.8. The van der Waals surface area contributed by atoms with Gasteiger partial charge in [0.2, 0.25) is 0 Å². The monoisotopic (exact) mass is 474 g/mol. The van der Waals surface area contributed by atoms with Gasteiger partial charge in [-0.05, 0) is 165 Å². The van der Waals surface area contributed by atoms with E-state index < -0.39 is 0 Å². The summed E-state index contributed by atoms with van der Waals surface area (Å²) >= 11 is 0. The van der Waals surface area contributed by atoms with E-state index in [0.717, 1.165) is 48.7 Å². The Morgan fingerprint density at radius 1 is 0.771 bits per heavy atom. The molecule has 1 atom stereocenters. The summed E-state index contributed by atoms with van der Waals surface area (Å²) in [6, 6.07) is 2.53. The van der Waals surface area contributed by atoms with Crippen LogP contribution in [-0.4, -0.2) is 19.3 Å². The van der Waals surface area contributed by atoms with Crippen LogP contribution in [-0.2, 0) is 15.6 Å². The third-order valence-electron chi connectivity index (χ3n) is 12.2. The molecule has 0 N–H and O–H groups in total. The molecule has 1 aliphatic heterocycles. The molecule has 8 bridgehead atoms. The summed E-state index contributed by atoms with van der Waals surface area (Å²) in [6.45, 7) is 9.00. The summed E-state index contributed by atoms with van der Waals surface area (Å²) in [5, 5.41) is 0. The van der Waals surface area contributed by atoms with Crippen molar-refractivity contribution in [3.8, 4) is 5.75 Å². The van der Waals surface area contributed by atoms with Crippen molar-refractivity contribution in [1.82, 2.24) is 0 Å². The van der Waals surface area contributed by atoms with E-state index in [1.807, 2.05) is 11.1 Å². The average Bonchev–Trinajstić information content (AvgIpc) is 3.60. The Kier molecular flexibility index (Phi) is 4.73. The van der Waals surface area contributed by atoms with Gasteiger partial charge in [-0.1, -0.05) is 13.8 Å². The molecule has 1 saturated heterocycles. The fraction of sp³-hybridized carbons (Fsp3) is 0.818. The van der Waals surface area contributed by atoms with Crippen molar-refractivity contribution in [3.05, 3.63) is 28.3 Å². The molecule has 2 heteroatoms. The predicted molar refractivity (Wildman–Crippen MR) is 140 cm³/mol. The van der Waals surface area contributed by atoms with Crippen LogP contribution in [0.2, 0.25) is 0 Å². The Hall–Kier alpha value is -1.02. The first-order chi connectivity index (χ1) is 16.9. The van der Waals surface area contributed by atoms with Crippen LogP contribution >= 0.6 is 0 Å². The van der Waals surface area contributed by atoms with Crippen LogP contribution in [0.25, 0.3) is 0 Å². The molecular weight excluding hydrogens is 428 g/mol. The van der Waals surface area contributed by atoms with Crippen LogP contribution in [0.4, 0.5) is 0 Å². The highest BCUT2D eigenvalue weighted by Crippen LogP contribution is 2.67. The van der Waals surface area contributed by atoms with Crippen molar-refractivity contribution < 1.29 is 9.47 Å². The van der Waals surface area contributed by atoms with Crippen molar-refractivity contribution in [2.24, 2.45) is 35.5 Å². The minimum Gasteiger partial charge on any atom is -0.490 e. The molecule has 1 heterocycles. The molecule has 0 amide bonds. The molecule has 0 radical (unpaired) electrons. The summed E-state index contributed by atoms with van der Waals surface area (Å²) in [5.74, 6) is 7.69. The Balaban J connectivity index is 1.34. The summed E-state index contributed by atoms with van der Waals surface area (Å²) in [4.78, 5) is 0. The van der Waals surface area contributed by atoms with Gasteiger partial charge in [-0.3, -0.25) is 0 Å². The first kappa shape index (κ1) is 22.0. The lowest BCUT2D eigenvalue weighted by Crippen LogP contribution is -2.53. The third kappa shape index (κ3) is 3.37. The summed E-state index contributed by atoms with van der Waals surface area (Å²) < 4.78 is 12.1. The van der Waals surface area contributed by atoms with E-state index in [9.17, 15) is 0 Å². The van der Waals surface area contributed by atoms with Crippen LogP contribution in [0, 0.1) is 42.4 Å². The smallest absolute Gasteiger partial charge is 0.122 e. The highest BCUT2D eigenvalue weighted by Gasteiger charge is 2.58. The quantitative estimate of drug-likeness (QED) is 0.392. The van der Waals surface area contributed by atoms with E-state index in [0.29, 0.717) is 22.9 Å². The topological polar surface area (TPSA) is 21.8 Å². The molecule has 9 fully saturated rings. The largest absolute Gasteiger partial charge is 0.490 e. The number of epoxide rings is 1. The maximum Gasteiger partial charge on any atom is 0.122 e. The first-order valence-electron chi connectivity index (χ1n) is 15.3. The van der Waals surface area contributed by atoms with E-state index in [2.05, 4.69) is 26.8 Å².